The predicted molar refractivity (Wildman–Crippen MR) is 184 cm³/mol. The quantitative estimate of drug-likeness (QED) is 0.181. The number of carbonyl (C=O) groups is 1. The molecular weight excluding hydrogens is 592 g/mol. The van der Waals surface area contributed by atoms with Crippen molar-refractivity contribution < 1.29 is 14.5 Å². The summed E-state index contributed by atoms with van der Waals surface area (Å²) in [6.45, 7) is 3.44. The number of benzene rings is 1. The monoisotopic (exact) mass is 634 g/mol. The fraction of sp³-hybridized carbons (Fsp3) is 0.333. The summed E-state index contributed by atoms with van der Waals surface area (Å²) in [7, 11) is 3.14. The summed E-state index contributed by atoms with van der Waals surface area (Å²) in [5.74, 6) is 0.721. The van der Waals surface area contributed by atoms with E-state index in [0.717, 1.165) is 73.0 Å². The minimum atomic E-state index is 0.0528. The van der Waals surface area contributed by atoms with Crippen molar-refractivity contribution in [3.63, 3.8) is 0 Å². The van der Waals surface area contributed by atoms with E-state index in [1.54, 1.807) is 39.0 Å². The van der Waals surface area contributed by atoms with E-state index in [4.69, 9.17) is 9.68 Å². The van der Waals surface area contributed by atoms with Crippen molar-refractivity contribution in [3.05, 3.63) is 115 Å². The number of amides is 1. The normalized spacial score (nSPS) is 16.1. The van der Waals surface area contributed by atoms with Crippen LogP contribution in [0.15, 0.2) is 108 Å². The zero-order valence-electron chi connectivity index (χ0n) is 27.0. The summed E-state index contributed by atoms with van der Waals surface area (Å²) in [5.41, 5.74) is 6.15. The van der Waals surface area contributed by atoms with E-state index in [-0.39, 0.29) is 11.8 Å². The molecule has 2 saturated heterocycles. The Labute approximate surface area is 276 Å². The van der Waals surface area contributed by atoms with E-state index < -0.39 is 0 Å². The molecule has 2 aliphatic rings. The van der Waals surface area contributed by atoms with Gasteiger partial charge in [-0.05, 0) is 99.4 Å². The zero-order chi connectivity index (χ0) is 32.7. The van der Waals surface area contributed by atoms with E-state index >= 15 is 0 Å². The van der Waals surface area contributed by atoms with Crippen molar-refractivity contribution in [2.24, 2.45) is 22.1 Å². The minimum Gasteiger partial charge on any atom is -0.399 e. The first-order chi connectivity index (χ1) is 23.2. The van der Waals surface area contributed by atoms with Gasteiger partial charge in [0.25, 0.3) is 5.91 Å². The summed E-state index contributed by atoms with van der Waals surface area (Å²) in [6.07, 6.45) is 10.9. The Balaban J connectivity index is 0.000000227. The largest absolute Gasteiger partial charge is 0.399 e. The Morgan fingerprint density at radius 2 is 1.26 bits per heavy atom. The number of anilines is 2. The van der Waals surface area contributed by atoms with Crippen LogP contribution in [0.25, 0.3) is 0 Å². The first kappa shape index (κ1) is 33.2. The fourth-order valence-electron chi connectivity index (χ4n) is 5.82. The van der Waals surface area contributed by atoms with Crippen molar-refractivity contribution in [2.45, 2.75) is 25.7 Å². The highest BCUT2D eigenvalue weighted by atomic mass is 16.6. The van der Waals surface area contributed by atoms with Gasteiger partial charge in [-0.25, -0.2) is 0 Å². The number of oxime groups is 2. The topological polar surface area (TPSA) is 126 Å². The van der Waals surface area contributed by atoms with Crippen LogP contribution in [-0.2, 0) is 9.68 Å². The molecule has 1 aromatic carbocycles. The van der Waals surface area contributed by atoms with Crippen molar-refractivity contribution in [1.82, 2.24) is 25.2 Å². The van der Waals surface area contributed by atoms with Crippen molar-refractivity contribution in [3.8, 4) is 0 Å². The minimum absolute atomic E-state index is 0.0528. The number of nitrogens with one attached hydrogen (secondary N) is 2. The lowest BCUT2D eigenvalue weighted by Crippen LogP contribution is -2.40. The van der Waals surface area contributed by atoms with Gasteiger partial charge in [0.05, 0.1) is 11.4 Å². The molecule has 0 radical (unpaired) electrons. The Morgan fingerprint density at radius 1 is 0.723 bits per heavy atom. The third-order valence-electron chi connectivity index (χ3n) is 8.23. The second-order valence-corrected chi connectivity index (χ2v) is 11.3. The highest BCUT2D eigenvalue weighted by Crippen LogP contribution is 2.24. The molecule has 3 aromatic heterocycles. The zero-order valence-corrected chi connectivity index (χ0v) is 27.0. The van der Waals surface area contributed by atoms with E-state index in [2.05, 4.69) is 35.9 Å². The number of rotatable bonds is 9. The smallest absolute Gasteiger partial charge is 0.253 e. The summed E-state index contributed by atoms with van der Waals surface area (Å²) in [5, 5.41) is 15.0. The lowest BCUT2D eigenvalue weighted by atomic mass is 9.89. The number of aromatic nitrogens is 3. The standard InChI is InChI=1S/C24H25N5O2.C12H17N3O/c1-31-28-23(22-4-2-3-13-26-22)18-11-16-29(17-12-18)24(30)19-5-7-20(8-6-19)27-21-9-14-25-15-10-21;1-16-15-12(10-5-8-13-9-6-10)11-4-2-3-7-14-11/h2-10,13-15,18H,11-12,16-17H2,1H3,(H,25,27);2-4,7,10,13H,5-6,8-9H2,1H3/b28-23+;15-12+. The van der Waals surface area contributed by atoms with E-state index in [1.165, 1.54) is 0 Å². The fourth-order valence-corrected chi connectivity index (χ4v) is 5.82. The molecule has 4 aromatic rings. The van der Waals surface area contributed by atoms with E-state index in [0.29, 0.717) is 24.6 Å². The molecule has 0 saturated carbocycles. The molecule has 244 valence electrons. The maximum absolute atomic E-state index is 13.0. The third kappa shape index (κ3) is 9.43. The molecule has 47 heavy (non-hydrogen) atoms. The number of nitrogens with zero attached hydrogens (tertiary/aromatic N) is 6. The molecule has 0 aliphatic carbocycles. The van der Waals surface area contributed by atoms with Crippen LogP contribution in [0, 0.1) is 11.8 Å². The Morgan fingerprint density at radius 3 is 1.77 bits per heavy atom. The number of carbonyl (C=O) groups excluding carboxylic acids is 1. The van der Waals surface area contributed by atoms with Crippen LogP contribution in [0.1, 0.15) is 47.4 Å². The number of piperidine rings is 2. The summed E-state index contributed by atoms with van der Waals surface area (Å²) in [6, 6.07) is 23.0. The Hall–Kier alpha value is -5.16. The predicted octanol–water partition coefficient (Wildman–Crippen LogP) is 5.55. The number of likely N-dealkylation sites (tertiary alicyclic amines) is 1. The molecule has 2 fully saturated rings. The van der Waals surface area contributed by atoms with Crippen molar-refractivity contribution >= 4 is 28.7 Å². The molecule has 0 spiro atoms. The second kappa shape index (κ2) is 17.5. The van der Waals surface area contributed by atoms with Crippen LogP contribution in [-0.4, -0.2) is 77.6 Å². The molecular formula is C36H42N8O3. The van der Waals surface area contributed by atoms with Crippen LogP contribution >= 0.6 is 0 Å². The highest BCUT2D eigenvalue weighted by Gasteiger charge is 2.28. The molecule has 0 unspecified atom stereocenters. The molecule has 11 heteroatoms. The van der Waals surface area contributed by atoms with E-state index in [1.807, 2.05) is 77.7 Å². The lowest BCUT2D eigenvalue weighted by Gasteiger charge is -2.32. The van der Waals surface area contributed by atoms with Gasteiger partial charge in [0.2, 0.25) is 0 Å². The average molecular weight is 635 g/mol. The molecule has 1 amide bonds. The second-order valence-electron chi connectivity index (χ2n) is 11.3. The summed E-state index contributed by atoms with van der Waals surface area (Å²) >= 11 is 0. The number of hydrogen-bond donors (Lipinski definition) is 2. The van der Waals surface area contributed by atoms with Crippen LogP contribution in [0.5, 0.6) is 0 Å². The highest BCUT2D eigenvalue weighted by molar-refractivity contribution is 6.01. The maximum Gasteiger partial charge on any atom is 0.253 e. The molecule has 0 atom stereocenters. The first-order valence-corrected chi connectivity index (χ1v) is 16.0. The van der Waals surface area contributed by atoms with Crippen molar-refractivity contribution in [2.75, 3.05) is 45.7 Å². The van der Waals surface area contributed by atoms with Gasteiger partial charge < -0.3 is 25.2 Å². The van der Waals surface area contributed by atoms with E-state index in [9.17, 15) is 4.79 Å². The van der Waals surface area contributed by atoms with Gasteiger partial charge >= 0.3 is 0 Å². The summed E-state index contributed by atoms with van der Waals surface area (Å²) in [4.78, 5) is 37.7. The summed E-state index contributed by atoms with van der Waals surface area (Å²) < 4.78 is 0. The molecule has 11 nitrogen and oxygen atoms in total. The Kier molecular flexibility index (Phi) is 12.4. The van der Waals surface area contributed by atoms with Crippen LogP contribution in [0.4, 0.5) is 11.4 Å². The Bertz CT molecular complexity index is 1570. The molecule has 5 heterocycles. The van der Waals surface area contributed by atoms with Crippen molar-refractivity contribution in [1.29, 1.82) is 0 Å². The third-order valence-corrected chi connectivity index (χ3v) is 8.23. The lowest BCUT2D eigenvalue weighted by molar-refractivity contribution is 0.0709. The first-order valence-electron chi connectivity index (χ1n) is 16.0. The maximum atomic E-state index is 13.0. The van der Waals surface area contributed by atoms with Gasteiger partial charge in [0.15, 0.2) is 0 Å². The average Bonchev–Trinajstić information content (AvgIpc) is 3.15. The van der Waals surface area contributed by atoms with Crippen LogP contribution < -0.4 is 10.6 Å². The van der Waals surface area contributed by atoms with Gasteiger partial charge in [0, 0.05) is 66.7 Å². The van der Waals surface area contributed by atoms with Gasteiger partial charge in [-0.15, -0.1) is 0 Å². The molecule has 2 N–H and O–H groups in total. The van der Waals surface area contributed by atoms with Crippen LogP contribution in [0.3, 0.4) is 0 Å². The number of hydrogen-bond acceptors (Lipinski definition) is 10. The van der Waals surface area contributed by atoms with Gasteiger partial charge in [-0.3, -0.25) is 19.7 Å². The number of pyridine rings is 3. The van der Waals surface area contributed by atoms with Gasteiger partial charge in [-0.2, -0.15) is 0 Å². The van der Waals surface area contributed by atoms with Gasteiger partial charge in [-0.1, -0.05) is 22.4 Å². The molecule has 0 bridgehead atoms. The SMILES string of the molecule is CO/N=C(/c1ccccn1)C1CCN(C(=O)c2ccc(Nc3ccncc3)cc2)CC1.CO/N=C(/c1ccccn1)C1CCNCC1. The van der Waals surface area contributed by atoms with Gasteiger partial charge in [0.1, 0.15) is 25.6 Å². The molecule has 6 rings (SSSR count). The molecule has 2 aliphatic heterocycles. The van der Waals surface area contributed by atoms with Crippen LogP contribution in [0.2, 0.25) is 0 Å².